The summed E-state index contributed by atoms with van der Waals surface area (Å²) in [5.41, 5.74) is 2.24. The SMILES string of the molecule is COc1c2c(c(OC)c3c(OC)cccc13)C(C)OC(C)C2. The number of hydrogen-bond donors (Lipinski definition) is 0. The topological polar surface area (TPSA) is 36.9 Å². The molecule has 3 rings (SSSR count). The highest BCUT2D eigenvalue weighted by Crippen LogP contribution is 2.49. The fourth-order valence-corrected chi connectivity index (χ4v) is 3.51. The Kier molecular flexibility index (Phi) is 3.87. The van der Waals surface area contributed by atoms with Crippen LogP contribution in [-0.4, -0.2) is 27.4 Å². The maximum absolute atomic E-state index is 6.00. The lowest BCUT2D eigenvalue weighted by molar-refractivity contribution is -0.00647. The van der Waals surface area contributed by atoms with Gasteiger partial charge in [0, 0.05) is 22.9 Å². The molecule has 0 bridgehead atoms. The largest absolute Gasteiger partial charge is 0.496 e. The van der Waals surface area contributed by atoms with Gasteiger partial charge in [0.1, 0.15) is 17.2 Å². The van der Waals surface area contributed by atoms with E-state index >= 15 is 0 Å². The standard InChI is InChI=1S/C18H22O4/c1-10-9-13-15(11(2)22-10)18(21-5)16-12(17(13)20-4)7-6-8-14(16)19-3/h6-8,10-11H,9H2,1-5H3. The fraction of sp³-hybridized carbons (Fsp3) is 0.444. The lowest BCUT2D eigenvalue weighted by Gasteiger charge is -2.32. The van der Waals surface area contributed by atoms with E-state index in [0.29, 0.717) is 0 Å². The van der Waals surface area contributed by atoms with Crippen LogP contribution < -0.4 is 14.2 Å². The number of ether oxygens (including phenoxy) is 4. The second kappa shape index (κ2) is 5.69. The number of rotatable bonds is 3. The smallest absolute Gasteiger partial charge is 0.136 e. The highest BCUT2D eigenvalue weighted by Gasteiger charge is 2.31. The van der Waals surface area contributed by atoms with Crippen molar-refractivity contribution in [3.63, 3.8) is 0 Å². The normalized spacial score (nSPS) is 20.6. The van der Waals surface area contributed by atoms with Gasteiger partial charge in [-0.05, 0) is 19.9 Å². The number of hydrogen-bond acceptors (Lipinski definition) is 4. The van der Waals surface area contributed by atoms with Crippen molar-refractivity contribution in [2.45, 2.75) is 32.5 Å². The van der Waals surface area contributed by atoms with Crippen molar-refractivity contribution >= 4 is 10.8 Å². The average molecular weight is 302 g/mol. The summed E-state index contributed by atoms with van der Waals surface area (Å²) in [6, 6.07) is 5.96. The van der Waals surface area contributed by atoms with Crippen LogP contribution in [0.15, 0.2) is 18.2 Å². The van der Waals surface area contributed by atoms with Crippen LogP contribution in [0.2, 0.25) is 0 Å². The second-order valence-corrected chi connectivity index (χ2v) is 5.63. The van der Waals surface area contributed by atoms with Crippen LogP contribution in [-0.2, 0) is 11.2 Å². The molecule has 118 valence electrons. The molecule has 1 heterocycles. The summed E-state index contributed by atoms with van der Waals surface area (Å²) in [6.45, 7) is 4.14. The van der Waals surface area contributed by atoms with Crippen molar-refractivity contribution in [2.75, 3.05) is 21.3 Å². The van der Waals surface area contributed by atoms with E-state index in [-0.39, 0.29) is 12.2 Å². The lowest BCUT2D eigenvalue weighted by Crippen LogP contribution is -2.23. The van der Waals surface area contributed by atoms with Crippen LogP contribution in [0.25, 0.3) is 10.8 Å². The number of fused-ring (bicyclic) bond motifs is 2. The van der Waals surface area contributed by atoms with E-state index < -0.39 is 0 Å². The third-order valence-electron chi connectivity index (χ3n) is 4.30. The first-order valence-corrected chi connectivity index (χ1v) is 7.51. The van der Waals surface area contributed by atoms with Crippen LogP contribution in [0, 0.1) is 0 Å². The Morgan fingerprint density at radius 2 is 1.73 bits per heavy atom. The molecule has 4 nitrogen and oxygen atoms in total. The molecule has 0 saturated carbocycles. The number of benzene rings is 2. The molecule has 0 aliphatic carbocycles. The third-order valence-corrected chi connectivity index (χ3v) is 4.30. The summed E-state index contributed by atoms with van der Waals surface area (Å²) in [6.07, 6.45) is 0.924. The molecule has 22 heavy (non-hydrogen) atoms. The van der Waals surface area contributed by atoms with Gasteiger partial charge in [0.2, 0.25) is 0 Å². The second-order valence-electron chi connectivity index (χ2n) is 5.63. The molecule has 0 radical (unpaired) electrons. The van der Waals surface area contributed by atoms with E-state index in [1.807, 2.05) is 18.2 Å². The van der Waals surface area contributed by atoms with Crippen molar-refractivity contribution in [1.82, 2.24) is 0 Å². The van der Waals surface area contributed by atoms with Gasteiger partial charge in [0.15, 0.2) is 0 Å². The van der Waals surface area contributed by atoms with E-state index in [0.717, 1.165) is 40.0 Å². The maximum Gasteiger partial charge on any atom is 0.136 e. The quantitative estimate of drug-likeness (QED) is 0.862. The Labute approximate surface area is 130 Å². The molecule has 0 amide bonds. The van der Waals surface area contributed by atoms with E-state index in [1.54, 1.807) is 21.3 Å². The van der Waals surface area contributed by atoms with Crippen molar-refractivity contribution in [1.29, 1.82) is 0 Å². The van der Waals surface area contributed by atoms with Crippen LogP contribution in [0.5, 0.6) is 17.2 Å². The molecule has 4 heteroatoms. The fourth-order valence-electron chi connectivity index (χ4n) is 3.51. The zero-order valence-electron chi connectivity index (χ0n) is 13.7. The van der Waals surface area contributed by atoms with Crippen LogP contribution in [0.3, 0.4) is 0 Å². The summed E-state index contributed by atoms with van der Waals surface area (Å²) < 4.78 is 23.1. The third kappa shape index (κ3) is 2.10. The van der Waals surface area contributed by atoms with Gasteiger partial charge in [0.25, 0.3) is 0 Å². The Hall–Kier alpha value is -1.94. The predicted molar refractivity (Wildman–Crippen MR) is 86.3 cm³/mol. The molecule has 0 saturated heterocycles. The van der Waals surface area contributed by atoms with Crippen LogP contribution in [0.1, 0.15) is 31.1 Å². The Bertz CT molecular complexity index is 708. The van der Waals surface area contributed by atoms with Gasteiger partial charge in [0.05, 0.1) is 38.9 Å². The van der Waals surface area contributed by atoms with Gasteiger partial charge in [-0.3, -0.25) is 0 Å². The van der Waals surface area contributed by atoms with E-state index in [1.165, 1.54) is 5.56 Å². The summed E-state index contributed by atoms with van der Waals surface area (Å²) in [5, 5.41) is 1.95. The minimum atomic E-state index is -0.0445. The molecule has 0 N–H and O–H groups in total. The van der Waals surface area contributed by atoms with Crippen molar-refractivity contribution in [2.24, 2.45) is 0 Å². The van der Waals surface area contributed by atoms with E-state index in [4.69, 9.17) is 18.9 Å². The molecule has 2 atom stereocenters. The molecular weight excluding hydrogens is 280 g/mol. The van der Waals surface area contributed by atoms with E-state index in [2.05, 4.69) is 13.8 Å². The maximum atomic E-state index is 6.00. The van der Waals surface area contributed by atoms with Gasteiger partial charge < -0.3 is 18.9 Å². The number of methoxy groups -OCH3 is 3. The van der Waals surface area contributed by atoms with Crippen molar-refractivity contribution in [3.8, 4) is 17.2 Å². The monoisotopic (exact) mass is 302 g/mol. The van der Waals surface area contributed by atoms with Gasteiger partial charge in [-0.25, -0.2) is 0 Å². The summed E-state index contributed by atoms with van der Waals surface area (Å²) in [7, 11) is 5.08. The minimum absolute atomic E-state index is 0.0445. The highest BCUT2D eigenvalue weighted by molar-refractivity contribution is 6.00. The predicted octanol–water partition coefficient (Wildman–Crippen LogP) is 3.89. The van der Waals surface area contributed by atoms with E-state index in [9.17, 15) is 0 Å². The lowest BCUT2D eigenvalue weighted by atomic mass is 9.89. The Morgan fingerprint density at radius 3 is 2.36 bits per heavy atom. The molecule has 2 unspecified atom stereocenters. The van der Waals surface area contributed by atoms with Crippen LogP contribution >= 0.6 is 0 Å². The first kappa shape index (κ1) is 15.0. The molecular formula is C18H22O4. The summed E-state index contributed by atoms with van der Waals surface area (Å²) >= 11 is 0. The molecule has 0 fully saturated rings. The summed E-state index contributed by atoms with van der Waals surface area (Å²) in [4.78, 5) is 0. The molecule has 2 aromatic carbocycles. The molecule has 0 spiro atoms. The molecule has 1 aliphatic heterocycles. The zero-order chi connectivity index (χ0) is 15.9. The zero-order valence-corrected chi connectivity index (χ0v) is 13.7. The van der Waals surface area contributed by atoms with Crippen molar-refractivity contribution < 1.29 is 18.9 Å². The first-order chi connectivity index (χ1) is 10.6. The van der Waals surface area contributed by atoms with Gasteiger partial charge in [-0.2, -0.15) is 0 Å². The van der Waals surface area contributed by atoms with Gasteiger partial charge in [-0.1, -0.05) is 12.1 Å². The minimum Gasteiger partial charge on any atom is -0.496 e. The highest BCUT2D eigenvalue weighted by atomic mass is 16.5. The van der Waals surface area contributed by atoms with Gasteiger partial charge in [-0.15, -0.1) is 0 Å². The first-order valence-electron chi connectivity index (χ1n) is 7.51. The molecule has 1 aliphatic rings. The van der Waals surface area contributed by atoms with Gasteiger partial charge >= 0.3 is 0 Å². The molecule has 2 aromatic rings. The Morgan fingerprint density at radius 1 is 1.00 bits per heavy atom. The Balaban J connectivity index is 2.47. The average Bonchev–Trinajstić information content (AvgIpc) is 2.51. The summed E-state index contributed by atoms with van der Waals surface area (Å²) in [5.74, 6) is 2.50. The molecule has 0 aromatic heterocycles. The van der Waals surface area contributed by atoms with Crippen LogP contribution in [0.4, 0.5) is 0 Å². The van der Waals surface area contributed by atoms with Crippen molar-refractivity contribution in [3.05, 3.63) is 29.3 Å².